The van der Waals surface area contributed by atoms with Crippen molar-refractivity contribution in [2.75, 3.05) is 0 Å². The molecule has 0 radical (unpaired) electrons. The molecule has 208 valence electrons. The third kappa shape index (κ3) is 6.24. The molecule has 0 unspecified atom stereocenters. The van der Waals surface area contributed by atoms with Gasteiger partial charge in [0.1, 0.15) is 23.4 Å². The Morgan fingerprint density at radius 3 is 2.12 bits per heavy atom. The highest BCUT2D eigenvalue weighted by atomic mass is 19.1. The number of hydrogen-bond acceptors (Lipinski definition) is 8. The van der Waals surface area contributed by atoms with Crippen molar-refractivity contribution in [3.63, 3.8) is 0 Å². The SMILES string of the molecule is CC(C)(c1ccc(Oc2cc(F)cnc2C(=O)C(=O)C(=O)NN)cc1)c1ccc(O[C@H]2C[C@H](NC(=O)O)C2)cc1. The van der Waals surface area contributed by atoms with Crippen LogP contribution in [-0.2, 0) is 15.0 Å². The number of nitrogens with one attached hydrogen (secondary N) is 2. The molecule has 12 heteroatoms. The van der Waals surface area contributed by atoms with Gasteiger partial charge in [-0.25, -0.2) is 20.0 Å². The topological polar surface area (TPSA) is 170 Å². The normalized spacial score (nSPS) is 16.3. The number of nitrogens with two attached hydrogens (primary N) is 1. The van der Waals surface area contributed by atoms with Gasteiger partial charge in [-0.1, -0.05) is 38.1 Å². The van der Waals surface area contributed by atoms with Gasteiger partial charge in [-0.2, -0.15) is 0 Å². The van der Waals surface area contributed by atoms with Crippen molar-refractivity contribution in [2.24, 2.45) is 5.84 Å². The van der Waals surface area contributed by atoms with Gasteiger partial charge in [0, 0.05) is 30.4 Å². The number of ether oxygens (including phenoxy) is 2. The van der Waals surface area contributed by atoms with E-state index in [4.69, 9.17) is 20.4 Å². The lowest BCUT2D eigenvalue weighted by Crippen LogP contribution is -2.48. The molecule has 2 aromatic carbocycles. The first-order valence-electron chi connectivity index (χ1n) is 12.3. The predicted octanol–water partition coefficient (Wildman–Crippen LogP) is 3.26. The van der Waals surface area contributed by atoms with Gasteiger partial charge in [0.15, 0.2) is 11.4 Å². The van der Waals surface area contributed by atoms with Crippen molar-refractivity contribution in [1.29, 1.82) is 0 Å². The standard InChI is InChI=1S/C28H27FN4O7/c1-28(2,15-3-7-19(8-4-15)39-21-12-18(13-21)32-27(37)38)16-5-9-20(10-6-16)40-22-11-17(29)14-31-23(22)24(34)25(35)26(36)33-30/h3-11,14,18,21,32H,12-13,30H2,1-2H3,(H,33,36)(H,37,38)/t18-,21-. The summed E-state index contributed by atoms with van der Waals surface area (Å²) in [6.07, 6.45) is 0.896. The summed E-state index contributed by atoms with van der Waals surface area (Å²) in [5.74, 6) is 0.618. The van der Waals surface area contributed by atoms with Crippen LogP contribution in [0.25, 0.3) is 0 Å². The van der Waals surface area contributed by atoms with Crippen LogP contribution in [0.3, 0.4) is 0 Å². The molecule has 0 bridgehead atoms. The van der Waals surface area contributed by atoms with Crippen molar-refractivity contribution in [3.05, 3.63) is 83.4 Å². The Balaban J connectivity index is 1.44. The Labute approximate surface area is 228 Å². The van der Waals surface area contributed by atoms with Crippen LogP contribution in [0.15, 0.2) is 60.8 Å². The average molecular weight is 551 g/mol. The Morgan fingerprint density at radius 2 is 1.57 bits per heavy atom. The highest BCUT2D eigenvalue weighted by Gasteiger charge is 2.32. The highest BCUT2D eigenvalue weighted by Crippen LogP contribution is 2.35. The van der Waals surface area contributed by atoms with Crippen LogP contribution >= 0.6 is 0 Å². The number of halogens is 1. The fourth-order valence-corrected chi connectivity index (χ4v) is 4.28. The fourth-order valence-electron chi connectivity index (χ4n) is 4.28. The van der Waals surface area contributed by atoms with Crippen LogP contribution in [0.4, 0.5) is 9.18 Å². The minimum Gasteiger partial charge on any atom is -0.490 e. The molecule has 0 spiro atoms. The molecule has 0 aliphatic heterocycles. The number of hydrogen-bond donors (Lipinski definition) is 4. The molecule has 0 saturated heterocycles. The van der Waals surface area contributed by atoms with Gasteiger partial charge >= 0.3 is 12.0 Å². The molecule has 1 aliphatic carbocycles. The van der Waals surface area contributed by atoms with Crippen LogP contribution < -0.4 is 26.1 Å². The molecular formula is C28H27FN4O7. The zero-order valence-electron chi connectivity index (χ0n) is 21.6. The average Bonchev–Trinajstić information content (AvgIpc) is 2.91. The Kier molecular flexibility index (Phi) is 8.10. The van der Waals surface area contributed by atoms with Crippen molar-refractivity contribution >= 4 is 23.6 Å². The minimum atomic E-state index is -1.47. The predicted molar refractivity (Wildman–Crippen MR) is 140 cm³/mol. The van der Waals surface area contributed by atoms with Crippen LogP contribution in [-0.4, -0.2) is 45.8 Å². The fraction of sp³-hybridized carbons (Fsp3) is 0.250. The van der Waals surface area contributed by atoms with Crippen LogP contribution in [0.2, 0.25) is 0 Å². The second-order valence-corrected chi connectivity index (χ2v) is 9.77. The molecule has 3 aromatic rings. The Hall–Kier alpha value is -4.84. The van der Waals surface area contributed by atoms with E-state index in [0.29, 0.717) is 18.6 Å². The first kappa shape index (κ1) is 28.2. The van der Waals surface area contributed by atoms with E-state index in [1.54, 1.807) is 17.6 Å². The molecule has 5 N–H and O–H groups in total. The van der Waals surface area contributed by atoms with Gasteiger partial charge in [-0.3, -0.25) is 19.8 Å². The van der Waals surface area contributed by atoms with Crippen molar-refractivity contribution < 1.29 is 38.1 Å². The number of carbonyl (C=O) groups is 4. The first-order chi connectivity index (χ1) is 19.0. The van der Waals surface area contributed by atoms with E-state index < -0.39 is 40.5 Å². The molecular weight excluding hydrogens is 523 g/mol. The maximum Gasteiger partial charge on any atom is 0.404 e. The van der Waals surface area contributed by atoms with Crippen molar-refractivity contribution in [1.82, 2.24) is 15.7 Å². The lowest BCUT2D eigenvalue weighted by atomic mass is 9.78. The summed E-state index contributed by atoms with van der Waals surface area (Å²) in [4.78, 5) is 50.1. The molecule has 1 aliphatic rings. The van der Waals surface area contributed by atoms with Crippen molar-refractivity contribution in [3.8, 4) is 17.2 Å². The number of benzene rings is 2. The number of pyridine rings is 1. The molecule has 0 atom stereocenters. The molecule has 1 fully saturated rings. The number of aromatic nitrogens is 1. The summed E-state index contributed by atoms with van der Waals surface area (Å²) in [6.45, 7) is 4.07. The van der Waals surface area contributed by atoms with Gasteiger partial charge in [-0.05, 0) is 35.4 Å². The van der Waals surface area contributed by atoms with E-state index in [1.807, 2.05) is 50.2 Å². The third-order valence-electron chi connectivity index (χ3n) is 6.68. The number of hydrazine groups is 1. The second kappa shape index (κ2) is 11.5. The molecule has 4 rings (SSSR count). The lowest BCUT2D eigenvalue weighted by molar-refractivity contribution is -0.135. The van der Waals surface area contributed by atoms with Gasteiger partial charge in [0.25, 0.3) is 11.6 Å². The molecule has 1 saturated carbocycles. The van der Waals surface area contributed by atoms with E-state index in [0.717, 1.165) is 23.4 Å². The summed E-state index contributed by atoms with van der Waals surface area (Å²) >= 11 is 0. The first-order valence-corrected chi connectivity index (χ1v) is 12.3. The summed E-state index contributed by atoms with van der Waals surface area (Å²) in [5, 5.41) is 11.2. The molecule has 1 heterocycles. The molecule has 2 amide bonds. The number of carbonyl (C=O) groups excluding carboxylic acids is 3. The molecule has 1 aromatic heterocycles. The van der Waals surface area contributed by atoms with Crippen molar-refractivity contribution in [2.45, 2.75) is 44.2 Å². The van der Waals surface area contributed by atoms with Crippen LogP contribution in [0.5, 0.6) is 17.2 Å². The summed E-state index contributed by atoms with van der Waals surface area (Å²) in [7, 11) is 0. The molecule has 40 heavy (non-hydrogen) atoms. The van der Waals surface area contributed by atoms with E-state index in [2.05, 4.69) is 10.3 Å². The summed E-state index contributed by atoms with van der Waals surface area (Å²) < 4.78 is 25.4. The summed E-state index contributed by atoms with van der Waals surface area (Å²) in [5.41, 5.74) is 2.56. The number of rotatable bonds is 10. The quantitative estimate of drug-likeness (QED) is 0.0739. The third-order valence-corrected chi connectivity index (χ3v) is 6.68. The maximum absolute atomic E-state index is 13.9. The van der Waals surface area contributed by atoms with Crippen LogP contribution in [0.1, 0.15) is 48.3 Å². The van der Waals surface area contributed by atoms with Gasteiger partial charge < -0.3 is 19.9 Å². The van der Waals surface area contributed by atoms with E-state index >= 15 is 0 Å². The minimum absolute atomic E-state index is 0.0386. The number of carboxylic acid groups (broad SMARTS) is 1. The largest absolute Gasteiger partial charge is 0.490 e. The van der Waals surface area contributed by atoms with E-state index in [9.17, 15) is 23.6 Å². The van der Waals surface area contributed by atoms with Crippen LogP contribution in [0, 0.1) is 5.82 Å². The number of Topliss-reactive ketones (excluding diaryl/α,β-unsaturated/α-hetero) is 2. The Bertz CT molecular complexity index is 1440. The number of ketones is 2. The lowest BCUT2D eigenvalue weighted by Gasteiger charge is -2.35. The monoisotopic (exact) mass is 550 g/mol. The summed E-state index contributed by atoms with van der Waals surface area (Å²) in [6, 6.07) is 15.3. The molecule has 11 nitrogen and oxygen atoms in total. The smallest absolute Gasteiger partial charge is 0.404 e. The van der Waals surface area contributed by atoms with E-state index in [-0.39, 0.29) is 23.6 Å². The zero-order chi connectivity index (χ0) is 29.0. The highest BCUT2D eigenvalue weighted by molar-refractivity contribution is 6.66. The van der Waals surface area contributed by atoms with E-state index in [1.165, 1.54) is 0 Å². The maximum atomic E-state index is 13.9. The van der Waals surface area contributed by atoms with Gasteiger partial charge in [0.05, 0.1) is 6.20 Å². The zero-order valence-corrected chi connectivity index (χ0v) is 21.6. The number of amides is 2. The number of nitrogens with zero attached hydrogens (tertiary/aromatic N) is 1. The Morgan fingerprint density at radius 1 is 1.00 bits per heavy atom. The van der Waals surface area contributed by atoms with Gasteiger partial charge in [-0.15, -0.1) is 0 Å². The second-order valence-electron chi connectivity index (χ2n) is 9.77. The van der Waals surface area contributed by atoms with Gasteiger partial charge in [0.2, 0.25) is 0 Å².